The number of carboxylic acid groups (broad SMARTS) is 1. The van der Waals surface area contributed by atoms with E-state index in [1.54, 1.807) is 4.90 Å². The number of carbonyl (C=O) groups excluding carboxylic acids is 1. The van der Waals surface area contributed by atoms with Crippen LogP contribution in [0, 0.1) is 0 Å². The van der Waals surface area contributed by atoms with Gasteiger partial charge in [-0.1, -0.05) is 56.6 Å². The summed E-state index contributed by atoms with van der Waals surface area (Å²) in [6.45, 7) is 3.93. The van der Waals surface area contributed by atoms with Crippen molar-refractivity contribution in [3.05, 3.63) is 0 Å². The van der Waals surface area contributed by atoms with Crippen molar-refractivity contribution in [2.24, 2.45) is 0 Å². The van der Waals surface area contributed by atoms with Gasteiger partial charge in [-0.15, -0.1) is 0 Å². The molecular formula is C21H44N2O7S. The molecule has 0 aliphatic carbocycles. The molecule has 10 heteroatoms. The zero-order valence-electron chi connectivity index (χ0n) is 19.3. The minimum atomic E-state index is -1.06. The van der Waals surface area contributed by atoms with E-state index in [0.29, 0.717) is 26.1 Å². The fourth-order valence-corrected chi connectivity index (χ4v) is 3.38. The van der Waals surface area contributed by atoms with E-state index in [9.17, 15) is 14.1 Å². The predicted molar refractivity (Wildman–Crippen MR) is 123 cm³/mol. The number of hydrogen-bond donors (Lipinski definition) is 5. The Morgan fingerprint density at radius 3 is 1.84 bits per heavy atom. The summed E-state index contributed by atoms with van der Waals surface area (Å²) in [6, 6.07) is -0.925. The molecule has 0 aromatic rings. The second-order valence-corrected chi connectivity index (χ2v) is 8.96. The molecule has 1 amide bonds. The van der Waals surface area contributed by atoms with Crippen LogP contribution in [0.3, 0.4) is 0 Å². The first-order chi connectivity index (χ1) is 14.8. The van der Waals surface area contributed by atoms with Gasteiger partial charge in [-0.2, -0.15) is 0 Å². The van der Waals surface area contributed by atoms with Crippen molar-refractivity contribution in [2.75, 3.05) is 51.5 Å². The third-order valence-corrected chi connectivity index (χ3v) is 5.39. The lowest BCUT2D eigenvalue weighted by molar-refractivity contribution is -0.141. The largest absolute Gasteiger partial charge is 0.617 e. The molecule has 0 aliphatic rings. The highest BCUT2D eigenvalue weighted by atomic mass is 32.2. The van der Waals surface area contributed by atoms with Gasteiger partial charge in [-0.25, -0.2) is 4.79 Å². The maximum absolute atomic E-state index is 11.7. The van der Waals surface area contributed by atoms with Gasteiger partial charge in [0.2, 0.25) is 5.91 Å². The maximum Gasteiger partial charge on any atom is 0.326 e. The second kappa shape index (κ2) is 23.7. The minimum Gasteiger partial charge on any atom is -0.617 e. The van der Waals surface area contributed by atoms with E-state index in [2.05, 4.69) is 12.2 Å². The van der Waals surface area contributed by atoms with Gasteiger partial charge in [-0.3, -0.25) is 9.69 Å². The van der Waals surface area contributed by atoms with Crippen LogP contribution in [0.5, 0.6) is 0 Å². The third kappa shape index (κ3) is 23.6. The van der Waals surface area contributed by atoms with Crippen molar-refractivity contribution in [2.45, 2.75) is 70.8 Å². The van der Waals surface area contributed by atoms with Crippen molar-refractivity contribution in [3.8, 4) is 0 Å². The summed E-state index contributed by atoms with van der Waals surface area (Å²) in [5, 5.41) is 37.0. The molecule has 9 nitrogen and oxygen atoms in total. The third-order valence-electron chi connectivity index (χ3n) is 4.58. The fourth-order valence-electron chi connectivity index (χ4n) is 2.81. The van der Waals surface area contributed by atoms with Gasteiger partial charge in [0.15, 0.2) is 0 Å². The summed E-state index contributed by atoms with van der Waals surface area (Å²) in [5.41, 5.74) is 0. The Labute approximate surface area is 190 Å². The first-order valence-electron chi connectivity index (χ1n) is 11.2. The molecule has 0 spiro atoms. The fraction of sp³-hybridized carbons (Fsp3) is 0.905. The average molecular weight is 469 g/mol. The lowest BCUT2D eigenvalue weighted by Crippen LogP contribution is -2.41. The van der Waals surface area contributed by atoms with Crippen molar-refractivity contribution in [3.63, 3.8) is 0 Å². The van der Waals surface area contributed by atoms with Gasteiger partial charge in [0, 0.05) is 32.5 Å². The lowest BCUT2D eigenvalue weighted by Gasteiger charge is -2.17. The van der Waals surface area contributed by atoms with Crippen LogP contribution in [0.2, 0.25) is 0 Å². The number of hydrogen-bond acceptors (Lipinski definition) is 7. The van der Waals surface area contributed by atoms with Crippen LogP contribution in [0.1, 0.15) is 64.7 Å². The van der Waals surface area contributed by atoms with E-state index in [1.807, 2.05) is 0 Å². The molecule has 5 N–H and O–H groups in total. The number of nitrogens with zero attached hydrogens (tertiary/aromatic N) is 1. The van der Waals surface area contributed by atoms with E-state index in [4.69, 9.17) is 20.4 Å². The normalized spacial score (nSPS) is 12.7. The Bertz CT molecular complexity index is 414. The highest BCUT2D eigenvalue weighted by molar-refractivity contribution is 7.90. The van der Waals surface area contributed by atoms with Crippen LogP contribution < -0.4 is 5.32 Å². The number of nitrogens with one attached hydrogen (secondary N) is 1. The van der Waals surface area contributed by atoms with Crippen LogP contribution in [0.25, 0.3) is 0 Å². The van der Waals surface area contributed by atoms with E-state index in [1.165, 1.54) is 31.9 Å². The monoisotopic (exact) mass is 468 g/mol. The molecule has 0 fully saturated rings. The van der Waals surface area contributed by atoms with E-state index >= 15 is 0 Å². The molecule has 0 aromatic heterocycles. The Balaban J connectivity index is 0. The topological polar surface area (TPSA) is 153 Å². The molecule has 1 unspecified atom stereocenters. The van der Waals surface area contributed by atoms with Crippen LogP contribution in [-0.2, 0) is 20.8 Å². The van der Waals surface area contributed by atoms with Crippen molar-refractivity contribution >= 4 is 23.1 Å². The molecule has 0 heterocycles. The number of unbranched alkanes of at least 4 members (excludes halogenated alkanes) is 6. The van der Waals surface area contributed by atoms with E-state index in [0.717, 1.165) is 19.3 Å². The van der Waals surface area contributed by atoms with Crippen LogP contribution in [-0.4, -0.2) is 99.3 Å². The van der Waals surface area contributed by atoms with E-state index in [-0.39, 0.29) is 37.9 Å². The average Bonchev–Trinajstić information content (AvgIpc) is 2.71. The summed E-state index contributed by atoms with van der Waals surface area (Å²) in [6.07, 6.45) is 9.98. The van der Waals surface area contributed by atoms with Gasteiger partial charge in [0.1, 0.15) is 11.8 Å². The summed E-state index contributed by atoms with van der Waals surface area (Å²) in [7, 11) is 0. The van der Waals surface area contributed by atoms with Gasteiger partial charge >= 0.3 is 5.97 Å². The maximum atomic E-state index is 11.7. The Morgan fingerprint density at radius 2 is 1.42 bits per heavy atom. The smallest absolute Gasteiger partial charge is 0.326 e. The highest BCUT2D eigenvalue weighted by Crippen LogP contribution is 2.08. The molecule has 0 saturated carbocycles. The number of carbonyl (C=O) groups is 2. The predicted octanol–water partition coefficient (Wildman–Crippen LogP) is 0.730. The molecule has 186 valence electrons. The molecule has 0 aliphatic heterocycles. The zero-order chi connectivity index (χ0) is 23.9. The Morgan fingerprint density at radius 1 is 0.935 bits per heavy atom. The highest BCUT2D eigenvalue weighted by Gasteiger charge is 2.21. The number of aliphatic carboxylic acids is 1. The second-order valence-electron chi connectivity index (χ2n) is 7.41. The summed E-state index contributed by atoms with van der Waals surface area (Å²) >= 11 is -1.04. The number of aliphatic hydroxyl groups excluding tert-OH is 3. The van der Waals surface area contributed by atoms with Gasteiger partial charge in [0.25, 0.3) is 0 Å². The van der Waals surface area contributed by atoms with Gasteiger partial charge in [-0.05, 0) is 6.42 Å². The van der Waals surface area contributed by atoms with Gasteiger partial charge < -0.3 is 30.3 Å². The molecule has 0 radical (unpaired) electrons. The quantitative estimate of drug-likeness (QED) is 0.137. The first-order valence-corrected chi connectivity index (χ1v) is 12.9. The molecule has 2 atom stereocenters. The van der Waals surface area contributed by atoms with Crippen molar-refractivity contribution < 1.29 is 34.6 Å². The number of amides is 1. The molecular weight excluding hydrogens is 424 g/mol. The summed E-state index contributed by atoms with van der Waals surface area (Å²) in [4.78, 5) is 24.5. The minimum absolute atomic E-state index is 0.0694. The number of carboxylic acids is 1. The van der Waals surface area contributed by atoms with Gasteiger partial charge in [0.05, 0.1) is 26.1 Å². The SMILES string of the molecule is CCCCCCCCCC(=O)N[C@@H](CC[S+](C)[O-])C(=O)O.OCCN(CCO)CCO. The first kappa shape index (κ1) is 32.3. The molecule has 31 heavy (non-hydrogen) atoms. The summed E-state index contributed by atoms with van der Waals surface area (Å²) in [5.74, 6) is -1.000. The van der Waals surface area contributed by atoms with Crippen molar-refractivity contribution in [1.82, 2.24) is 10.2 Å². The van der Waals surface area contributed by atoms with Crippen LogP contribution in [0.4, 0.5) is 0 Å². The molecule has 0 saturated heterocycles. The lowest BCUT2D eigenvalue weighted by atomic mass is 10.1. The number of rotatable bonds is 19. The Hall–Kier alpha value is -0.910. The van der Waals surface area contributed by atoms with Crippen LogP contribution in [0.15, 0.2) is 0 Å². The summed E-state index contributed by atoms with van der Waals surface area (Å²) < 4.78 is 11.0. The zero-order valence-corrected chi connectivity index (χ0v) is 20.1. The molecule has 0 bridgehead atoms. The van der Waals surface area contributed by atoms with E-state index < -0.39 is 23.2 Å². The molecule has 0 rings (SSSR count). The molecule has 0 aromatic carbocycles. The Kier molecular flexibility index (Phi) is 24.7. The number of aliphatic hydroxyl groups is 3. The van der Waals surface area contributed by atoms with Crippen LogP contribution >= 0.6 is 0 Å². The van der Waals surface area contributed by atoms with Crippen molar-refractivity contribution in [1.29, 1.82) is 0 Å². The standard InChI is InChI=1S/C15H29NO4S.C6H15NO3/c1-3-4-5-6-7-8-9-10-14(17)16-13(15(18)19)11-12-21(2)20;8-4-1-7(2-5-9)3-6-10/h13H,3-12H2,1-2H3,(H,16,17)(H,18,19);8-10H,1-6H2/t13-,21?;/m0./s1.